The lowest BCUT2D eigenvalue weighted by atomic mass is 9.92. The second-order valence-electron chi connectivity index (χ2n) is 12.4. The number of alkyl halides is 13. The van der Waals surface area contributed by atoms with E-state index < -0.39 is 67.4 Å². The number of rotatable bonds is 30. The van der Waals surface area contributed by atoms with E-state index in [0.717, 1.165) is 32.1 Å². The van der Waals surface area contributed by atoms with E-state index >= 15 is 0 Å². The van der Waals surface area contributed by atoms with Crippen LogP contribution in [-0.2, 0) is 14.2 Å². The van der Waals surface area contributed by atoms with Gasteiger partial charge in [-0.15, -0.1) is 6.58 Å². The van der Waals surface area contributed by atoms with Crippen LogP contribution < -0.4 is 9.47 Å². The summed E-state index contributed by atoms with van der Waals surface area (Å²) in [6.45, 7) is 5.66. The number of unbranched alkanes of at least 4 members (excludes halogenated alkanes) is 9. The SMILES string of the molecule is C=C[C@@H](OCOCCOC)[C@H](CCCCCCCCCCCC)Oc1ccc(OCCCC(F)(F)C(F)(F)C(F)(F)C(F)(F)C(F)(F)C(F)(F)F)cc1. The first-order valence-electron chi connectivity index (χ1n) is 17.3. The summed E-state index contributed by atoms with van der Waals surface area (Å²) in [5, 5.41) is 0. The topological polar surface area (TPSA) is 46.2 Å². The zero-order valence-corrected chi connectivity index (χ0v) is 29.7. The van der Waals surface area contributed by atoms with Crippen molar-refractivity contribution in [2.24, 2.45) is 0 Å². The highest BCUT2D eigenvalue weighted by Crippen LogP contribution is 2.60. The molecule has 0 aliphatic heterocycles. The van der Waals surface area contributed by atoms with Gasteiger partial charge in [-0.25, -0.2) is 0 Å². The van der Waals surface area contributed by atoms with E-state index in [-0.39, 0.29) is 19.1 Å². The Morgan fingerprint density at radius 1 is 0.623 bits per heavy atom. The molecule has 0 aliphatic rings. The minimum absolute atomic E-state index is 0.0524. The number of benzene rings is 1. The molecule has 0 fully saturated rings. The number of ether oxygens (including phenoxy) is 5. The van der Waals surface area contributed by atoms with Gasteiger partial charge in [0.15, 0.2) is 0 Å². The number of methoxy groups -OCH3 is 1. The fraction of sp³-hybridized carbons (Fsp3) is 0.771. The summed E-state index contributed by atoms with van der Waals surface area (Å²) >= 11 is 0. The zero-order chi connectivity index (χ0) is 40.4. The predicted octanol–water partition coefficient (Wildman–Crippen LogP) is 11.8. The van der Waals surface area contributed by atoms with Gasteiger partial charge in [0.25, 0.3) is 0 Å². The quantitative estimate of drug-likeness (QED) is 0.0336. The Labute approximate surface area is 301 Å². The minimum atomic E-state index is -7.92. The van der Waals surface area contributed by atoms with Crippen molar-refractivity contribution in [1.82, 2.24) is 0 Å². The molecule has 1 aromatic rings. The molecule has 0 unspecified atom stereocenters. The highest BCUT2D eigenvalue weighted by atomic mass is 19.4. The molecule has 0 saturated heterocycles. The summed E-state index contributed by atoms with van der Waals surface area (Å²) in [6, 6.07) is 5.38. The molecule has 0 spiro atoms. The Morgan fingerprint density at radius 3 is 1.64 bits per heavy atom. The van der Waals surface area contributed by atoms with E-state index in [4.69, 9.17) is 23.7 Å². The Bertz CT molecular complexity index is 1150. The third-order valence-electron chi connectivity index (χ3n) is 8.23. The zero-order valence-electron chi connectivity index (χ0n) is 29.7. The lowest BCUT2D eigenvalue weighted by Crippen LogP contribution is -2.70. The van der Waals surface area contributed by atoms with Crippen LogP contribution in [-0.4, -0.2) is 81.7 Å². The molecule has 0 N–H and O–H groups in total. The van der Waals surface area contributed by atoms with E-state index in [1.165, 1.54) is 63.5 Å². The van der Waals surface area contributed by atoms with Gasteiger partial charge in [0, 0.05) is 13.5 Å². The lowest BCUT2D eigenvalue weighted by Gasteiger charge is -2.39. The smallest absolute Gasteiger partial charge is 0.460 e. The Hall–Kier alpha value is -2.47. The van der Waals surface area contributed by atoms with Crippen molar-refractivity contribution in [2.75, 3.05) is 33.7 Å². The molecule has 0 saturated carbocycles. The first kappa shape index (κ1) is 48.5. The van der Waals surface area contributed by atoms with Crippen LogP contribution in [0, 0.1) is 0 Å². The van der Waals surface area contributed by atoms with Crippen molar-refractivity contribution in [3.05, 3.63) is 36.9 Å². The monoisotopic (exact) mass is 796 g/mol. The molecule has 0 heterocycles. The highest BCUT2D eigenvalue weighted by Gasteiger charge is 2.90. The van der Waals surface area contributed by atoms with Crippen molar-refractivity contribution >= 4 is 0 Å². The fourth-order valence-electron chi connectivity index (χ4n) is 5.01. The van der Waals surface area contributed by atoms with Crippen LogP contribution >= 0.6 is 0 Å². The van der Waals surface area contributed by atoms with Gasteiger partial charge >= 0.3 is 35.8 Å². The number of hydrogen-bond acceptors (Lipinski definition) is 5. The summed E-state index contributed by atoms with van der Waals surface area (Å²) < 4.78 is 201. The molecule has 0 aromatic heterocycles. The second kappa shape index (κ2) is 22.2. The third-order valence-corrected chi connectivity index (χ3v) is 8.23. The largest absolute Gasteiger partial charge is 0.494 e. The van der Waals surface area contributed by atoms with Crippen LogP contribution in [0.5, 0.6) is 11.5 Å². The van der Waals surface area contributed by atoms with E-state index in [0.29, 0.717) is 18.8 Å². The summed E-state index contributed by atoms with van der Waals surface area (Å²) in [6.07, 6.45) is 1.14. The maximum Gasteiger partial charge on any atom is 0.460 e. The van der Waals surface area contributed by atoms with E-state index in [1.807, 2.05) is 0 Å². The standard InChI is InChI=1S/C35H49F13O5/c1-4-6-7-8-9-10-11-12-13-14-16-29(28(5-2)52-25-50-24-23-49-3)53-27-19-17-26(18-20-27)51-22-15-21-30(36,37)31(38,39)32(40,41)33(42,43)34(44,45)35(46,47)48/h5,17-20,28-29H,2,4,6-16,21-25H2,1,3H3/t28-,29+/m1/s1. The summed E-state index contributed by atoms with van der Waals surface area (Å²) in [7, 11) is 1.52. The van der Waals surface area contributed by atoms with E-state index in [9.17, 15) is 57.1 Å². The molecule has 1 rings (SSSR count). The molecule has 18 heteroatoms. The summed E-state index contributed by atoms with van der Waals surface area (Å²) in [5.41, 5.74) is 0. The predicted molar refractivity (Wildman–Crippen MR) is 171 cm³/mol. The maximum absolute atomic E-state index is 14.1. The minimum Gasteiger partial charge on any atom is -0.494 e. The summed E-state index contributed by atoms with van der Waals surface area (Å²) in [5.74, 6) is -36.7. The third kappa shape index (κ3) is 14.0. The highest BCUT2D eigenvalue weighted by molar-refractivity contribution is 5.31. The molecule has 0 radical (unpaired) electrons. The van der Waals surface area contributed by atoms with Gasteiger partial charge in [-0.05, 0) is 43.5 Å². The molecule has 2 atom stereocenters. The van der Waals surface area contributed by atoms with Gasteiger partial charge < -0.3 is 23.7 Å². The van der Waals surface area contributed by atoms with Crippen molar-refractivity contribution < 1.29 is 80.8 Å². The molecule has 0 aliphatic carbocycles. The van der Waals surface area contributed by atoms with Crippen molar-refractivity contribution in [3.63, 3.8) is 0 Å². The van der Waals surface area contributed by atoms with Gasteiger partial charge in [0.1, 0.15) is 30.5 Å². The fourth-order valence-corrected chi connectivity index (χ4v) is 5.01. The normalized spacial score (nSPS) is 14.6. The van der Waals surface area contributed by atoms with Gasteiger partial charge in [0.2, 0.25) is 0 Å². The Balaban J connectivity index is 2.82. The van der Waals surface area contributed by atoms with E-state index in [2.05, 4.69) is 13.5 Å². The molecule has 1 aromatic carbocycles. The molecule has 310 valence electrons. The van der Waals surface area contributed by atoms with Crippen LogP contribution in [0.15, 0.2) is 36.9 Å². The van der Waals surface area contributed by atoms with Crippen molar-refractivity contribution in [1.29, 1.82) is 0 Å². The maximum atomic E-state index is 14.1. The Morgan fingerprint density at radius 2 is 1.13 bits per heavy atom. The molecular weight excluding hydrogens is 747 g/mol. The van der Waals surface area contributed by atoms with Crippen LogP contribution in [0.4, 0.5) is 57.1 Å². The lowest BCUT2D eigenvalue weighted by molar-refractivity contribution is -0.440. The van der Waals surface area contributed by atoms with Crippen LogP contribution in [0.3, 0.4) is 0 Å². The molecule has 5 nitrogen and oxygen atoms in total. The average Bonchev–Trinajstić information content (AvgIpc) is 3.08. The molecule has 0 amide bonds. The summed E-state index contributed by atoms with van der Waals surface area (Å²) in [4.78, 5) is 0. The van der Waals surface area contributed by atoms with Crippen molar-refractivity contribution in [2.45, 2.75) is 138 Å². The molecular formula is C35H49F13O5. The van der Waals surface area contributed by atoms with Crippen LogP contribution in [0.1, 0.15) is 90.4 Å². The number of halogens is 13. The van der Waals surface area contributed by atoms with Gasteiger partial charge in [-0.2, -0.15) is 57.1 Å². The van der Waals surface area contributed by atoms with Gasteiger partial charge in [-0.1, -0.05) is 70.8 Å². The van der Waals surface area contributed by atoms with Crippen molar-refractivity contribution in [3.8, 4) is 11.5 Å². The first-order valence-corrected chi connectivity index (χ1v) is 17.3. The van der Waals surface area contributed by atoms with Crippen LogP contribution in [0.25, 0.3) is 0 Å². The molecule has 0 bridgehead atoms. The molecule has 53 heavy (non-hydrogen) atoms. The Kier molecular flexibility index (Phi) is 20.3. The van der Waals surface area contributed by atoms with Crippen LogP contribution in [0.2, 0.25) is 0 Å². The van der Waals surface area contributed by atoms with E-state index in [1.54, 1.807) is 6.08 Å². The average molecular weight is 797 g/mol. The van der Waals surface area contributed by atoms with Gasteiger partial charge in [0.05, 0.1) is 19.8 Å². The second-order valence-corrected chi connectivity index (χ2v) is 12.4. The number of hydrogen-bond donors (Lipinski definition) is 0. The first-order chi connectivity index (χ1) is 24.6. The van der Waals surface area contributed by atoms with Gasteiger partial charge in [-0.3, -0.25) is 0 Å².